The van der Waals surface area contributed by atoms with Gasteiger partial charge in [0.15, 0.2) is 0 Å². The van der Waals surface area contributed by atoms with Gasteiger partial charge in [-0.3, -0.25) is 0 Å². The maximum atomic E-state index is 5.43. The summed E-state index contributed by atoms with van der Waals surface area (Å²) in [6.07, 6.45) is 1.05. The number of hydrogen-bond acceptors (Lipinski definition) is 4. The van der Waals surface area contributed by atoms with E-state index in [1.54, 1.807) is 14.2 Å². The Morgan fingerprint density at radius 2 is 1.85 bits per heavy atom. The lowest BCUT2D eigenvalue weighted by molar-refractivity contribution is 0.0207. The fourth-order valence-corrected chi connectivity index (χ4v) is 2.79. The van der Waals surface area contributed by atoms with Gasteiger partial charge in [-0.1, -0.05) is 12.1 Å². The van der Waals surface area contributed by atoms with Crippen molar-refractivity contribution in [1.29, 1.82) is 0 Å². The molecule has 0 fully saturated rings. The molecule has 1 N–H and O–H groups in total. The first-order chi connectivity index (χ1) is 9.57. The Balaban J connectivity index is 2.28. The molecule has 0 saturated heterocycles. The Labute approximate surface area is 127 Å². The highest BCUT2D eigenvalue weighted by molar-refractivity contribution is 7.99. The molecule has 20 heavy (non-hydrogen) atoms. The summed E-state index contributed by atoms with van der Waals surface area (Å²) in [7, 11) is 3.49. The third-order valence-corrected chi connectivity index (χ3v) is 4.27. The number of thioether (sulfide) groups is 1. The van der Waals surface area contributed by atoms with Crippen molar-refractivity contribution in [1.82, 2.24) is 5.32 Å². The molecule has 1 rings (SSSR count). The molecule has 4 heteroatoms. The molecule has 0 spiro atoms. The van der Waals surface area contributed by atoms with Crippen molar-refractivity contribution in [3.05, 3.63) is 29.8 Å². The van der Waals surface area contributed by atoms with E-state index >= 15 is 0 Å². The van der Waals surface area contributed by atoms with E-state index in [0.29, 0.717) is 0 Å². The maximum Gasteiger partial charge on any atom is 0.0630 e. The Kier molecular flexibility index (Phi) is 8.22. The summed E-state index contributed by atoms with van der Waals surface area (Å²) < 4.78 is 10.4. The fraction of sp³-hybridized carbons (Fsp3) is 0.625. The zero-order valence-electron chi connectivity index (χ0n) is 13.1. The lowest BCUT2D eigenvalue weighted by Crippen LogP contribution is -2.22. The molecule has 0 aliphatic rings. The van der Waals surface area contributed by atoms with Crippen LogP contribution in [0.1, 0.15) is 25.8 Å². The molecule has 0 radical (unpaired) electrons. The molecule has 0 heterocycles. The van der Waals surface area contributed by atoms with Gasteiger partial charge >= 0.3 is 0 Å². The van der Waals surface area contributed by atoms with Crippen LogP contribution in [0.2, 0.25) is 0 Å². The Hall–Kier alpha value is -0.550. The summed E-state index contributed by atoms with van der Waals surface area (Å²) >= 11 is 1.88. The topological polar surface area (TPSA) is 30.5 Å². The zero-order valence-corrected chi connectivity index (χ0v) is 13.9. The standard InChI is InChI=1S/C16H27NO2S/c1-16(2,19-4)9-12-20-15-7-5-14(6-8-15)13-17-10-11-18-3/h5-8,17H,9-13H2,1-4H3. The van der Waals surface area contributed by atoms with Gasteiger partial charge in [-0.15, -0.1) is 11.8 Å². The second-order valence-corrected chi connectivity index (χ2v) is 6.54. The lowest BCUT2D eigenvalue weighted by Gasteiger charge is -2.22. The second kappa shape index (κ2) is 9.40. The Morgan fingerprint density at radius 3 is 2.45 bits per heavy atom. The van der Waals surface area contributed by atoms with E-state index in [9.17, 15) is 0 Å². The predicted octanol–water partition coefficient (Wildman–Crippen LogP) is 3.33. The van der Waals surface area contributed by atoms with E-state index in [1.807, 2.05) is 11.8 Å². The predicted molar refractivity (Wildman–Crippen MR) is 86.5 cm³/mol. The van der Waals surface area contributed by atoms with E-state index in [2.05, 4.69) is 43.4 Å². The van der Waals surface area contributed by atoms with Crippen LogP contribution < -0.4 is 5.32 Å². The van der Waals surface area contributed by atoms with Gasteiger partial charge in [0.1, 0.15) is 0 Å². The van der Waals surface area contributed by atoms with Crippen molar-refractivity contribution in [2.45, 2.75) is 37.3 Å². The molecule has 0 aliphatic carbocycles. The largest absolute Gasteiger partial charge is 0.383 e. The normalized spacial score (nSPS) is 11.8. The van der Waals surface area contributed by atoms with Gasteiger partial charge < -0.3 is 14.8 Å². The Morgan fingerprint density at radius 1 is 1.15 bits per heavy atom. The average Bonchev–Trinajstić information content (AvgIpc) is 2.45. The number of nitrogens with one attached hydrogen (secondary N) is 1. The first-order valence-electron chi connectivity index (χ1n) is 7.04. The smallest absolute Gasteiger partial charge is 0.0630 e. The van der Waals surface area contributed by atoms with E-state index < -0.39 is 0 Å². The van der Waals surface area contributed by atoms with Crippen molar-refractivity contribution in [2.75, 3.05) is 33.1 Å². The first kappa shape index (κ1) is 17.5. The SMILES string of the molecule is COCCNCc1ccc(SCCC(C)(C)OC)cc1. The van der Waals surface area contributed by atoms with Crippen LogP contribution in [0.15, 0.2) is 29.2 Å². The molecule has 0 atom stereocenters. The minimum absolute atomic E-state index is 0.0296. The van der Waals surface area contributed by atoms with Crippen LogP contribution in [0.3, 0.4) is 0 Å². The average molecular weight is 297 g/mol. The minimum atomic E-state index is -0.0296. The third-order valence-electron chi connectivity index (χ3n) is 3.26. The first-order valence-corrected chi connectivity index (χ1v) is 8.02. The summed E-state index contributed by atoms with van der Waals surface area (Å²) in [5, 5.41) is 3.34. The molecule has 0 amide bonds. The second-order valence-electron chi connectivity index (χ2n) is 5.38. The zero-order chi connectivity index (χ0) is 14.8. The van der Waals surface area contributed by atoms with Gasteiger partial charge in [-0.25, -0.2) is 0 Å². The highest BCUT2D eigenvalue weighted by Crippen LogP contribution is 2.23. The molecule has 0 aromatic heterocycles. The van der Waals surface area contributed by atoms with Crippen molar-refractivity contribution in [3.8, 4) is 0 Å². The number of benzene rings is 1. The minimum Gasteiger partial charge on any atom is -0.383 e. The van der Waals surface area contributed by atoms with Gasteiger partial charge in [0, 0.05) is 38.0 Å². The van der Waals surface area contributed by atoms with Crippen LogP contribution in [-0.2, 0) is 16.0 Å². The van der Waals surface area contributed by atoms with Gasteiger partial charge in [0.05, 0.1) is 12.2 Å². The molecule has 1 aromatic rings. The highest BCUT2D eigenvalue weighted by atomic mass is 32.2. The molecule has 3 nitrogen and oxygen atoms in total. The van der Waals surface area contributed by atoms with Crippen LogP contribution in [0.25, 0.3) is 0 Å². The highest BCUT2D eigenvalue weighted by Gasteiger charge is 2.15. The summed E-state index contributed by atoms with van der Waals surface area (Å²) in [5.74, 6) is 1.08. The molecule has 0 aliphatic heterocycles. The fourth-order valence-electron chi connectivity index (χ4n) is 1.63. The van der Waals surface area contributed by atoms with Gasteiger partial charge in [0.25, 0.3) is 0 Å². The quantitative estimate of drug-likeness (QED) is 0.530. The number of ether oxygens (including phenoxy) is 2. The maximum absolute atomic E-state index is 5.43. The van der Waals surface area contributed by atoms with Crippen LogP contribution >= 0.6 is 11.8 Å². The summed E-state index contributed by atoms with van der Waals surface area (Å²) in [5.41, 5.74) is 1.28. The molecule has 0 bridgehead atoms. The molecule has 0 unspecified atom stereocenters. The van der Waals surface area contributed by atoms with Crippen molar-refractivity contribution in [2.24, 2.45) is 0 Å². The van der Waals surface area contributed by atoms with E-state index in [4.69, 9.17) is 9.47 Å². The molecular formula is C16H27NO2S. The molecule has 0 saturated carbocycles. The van der Waals surface area contributed by atoms with Gasteiger partial charge in [-0.05, 0) is 38.0 Å². The Bertz CT molecular complexity index is 365. The van der Waals surface area contributed by atoms with Crippen LogP contribution in [-0.4, -0.2) is 38.7 Å². The van der Waals surface area contributed by atoms with Crippen molar-refractivity contribution in [3.63, 3.8) is 0 Å². The van der Waals surface area contributed by atoms with Crippen LogP contribution in [0.4, 0.5) is 0 Å². The summed E-state index contributed by atoms with van der Waals surface area (Å²) in [6.45, 7) is 6.79. The number of methoxy groups -OCH3 is 2. The number of hydrogen-bond donors (Lipinski definition) is 1. The van der Waals surface area contributed by atoms with Crippen molar-refractivity contribution < 1.29 is 9.47 Å². The third kappa shape index (κ3) is 7.29. The van der Waals surface area contributed by atoms with Crippen molar-refractivity contribution >= 4 is 11.8 Å². The molecule has 1 aromatic carbocycles. The lowest BCUT2D eigenvalue weighted by atomic mass is 10.1. The molecular weight excluding hydrogens is 270 g/mol. The van der Waals surface area contributed by atoms with Crippen LogP contribution in [0, 0.1) is 0 Å². The van der Waals surface area contributed by atoms with E-state index in [1.165, 1.54) is 10.5 Å². The van der Waals surface area contributed by atoms with Gasteiger partial charge in [0.2, 0.25) is 0 Å². The summed E-state index contributed by atoms with van der Waals surface area (Å²) in [4.78, 5) is 1.32. The monoisotopic (exact) mass is 297 g/mol. The summed E-state index contributed by atoms with van der Waals surface area (Å²) in [6, 6.07) is 8.75. The molecule has 114 valence electrons. The van der Waals surface area contributed by atoms with Crippen LogP contribution in [0.5, 0.6) is 0 Å². The van der Waals surface area contributed by atoms with E-state index in [-0.39, 0.29) is 5.60 Å². The van der Waals surface area contributed by atoms with Gasteiger partial charge in [-0.2, -0.15) is 0 Å². The van der Waals surface area contributed by atoms with E-state index in [0.717, 1.165) is 31.9 Å². The number of rotatable bonds is 10.